The largest absolute Gasteiger partial charge is 0.462 e. The van der Waals surface area contributed by atoms with Gasteiger partial charge in [0.05, 0.1) is 0 Å². The van der Waals surface area contributed by atoms with Crippen LogP contribution in [0.2, 0.25) is 0 Å². The first-order valence-electron chi connectivity index (χ1n) is 26.5. The predicted molar refractivity (Wildman–Crippen MR) is 261 cm³/mol. The summed E-state index contributed by atoms with van der Waals surface area (Å²) in [6, 6.07) is 0. The number of esters is 3. The highest BCUT2D eigenvalue weighted by Gasteiger charge is 2.19. The van der Waals surface area contributed by atoms with Crippen LogP contribution in [0.3, 0.4) is 0 Å². The molecule has 0 spiro atoms. The molecule has 0 radical (unpaired) electrons. The van der Waals surface area contributed by atoms with Crippen molar-refractivity contribution < 1.29 is 28.6 Å². The van der Waals surface area contributed by atoms with E-state index in [-0.39, 0.29) is 31.1 Å². The lowest BCUT2D eigenvalue weighted by atomic mass is 10.0. The van der Waals surface area contributed by atoms with Crippen LogP contribution in [0.15, 0.2) is 36.5 Å². The SMILES string of the molecule is CCCC/C=C/C/C=C/CCCCCCCC(=O)O[C@H](COC(=O)CCCCCCC/C=C/CCCCCC)COC(=O)CCCCCCCCCCCCCCCCCC. The number of carbonyl (C=O) groups is 3. The number of hydrogen-bond acceptors (Lipinski definition) is 6. The molecule has 61 heavy (non-hydrogen) atoms. The van der Waals surface area contributed by atoms with Crippen LogP contribution in [-0.2, 0) is 28.6 Å². The zero-order chi connectivity index (χ0) is 44.4. The maximum atomic E-state index is 12.8. The van der Waals surface area contributed by atoms with E-state index in [4.69, 9.17) is 14.2 Å². The van der Waals surface area contributed by atoms with E-state index in [1.165, 1.54) is 148 Å². The minimum absolute atomic E-state index is 0.0774. The summed E-state index contributed by atoms with van der Waals surface area (Å²) in [5, 5.41) is 0. The molecule has 0 aliphatic rings. The lowest BCUT2D eigenvalue weighted by Crippen LogP contribution is -2.30. The summed E-state index contributed by atoms with van der Waals surface area (Å²) in [6.45, 7) is 6.59. The van der Waals surface area contributed by atoms with Gasteiger partial charge in [0.1, 0.15) is 13.2 Å². The Morgan fingerprint density at radius 2 is 0.607 bits per heavy atom. The smallest absolute Gasteiger partial charge is 0.306 e. The molecule has 0 saturated carbocycles. The molecule has 0 unspecified atom stereocenters. The lowest BCUT2D eigenvalue weighted by molar-refractivity contribution is -0.167. The fraction of sp³-hybridized carbons (Fsp3) is 0.836. The number of ether oxygens (including phenoxy) is 3. The van der Waals surface area contributed by atoms with Crippen LogP contribution in [0.5, 0.6) is 0 Å². The first kappa shape index (κ1) is 58.6. The van der Waals surface area contributed by atoms with Gasteiger partial charge < -0.3 is 14.2 Å². The van der Waals surface area contributed by atoms with E-state index in [1.807, 2.05) is 0 Å². The third-order valence-corrected chi connectivity index (χ3v) is 11.6. The molecule has 0 bridgehead atoms. The second kappa shape index (κ2) is 50.3. The van der Waals surface area contributed by atoms with Gasteiger partial charge >= 0.3 is 17.9 Å². The van der Waals surface area contributed by atoms with Crippen molar-refractivity contribution in [3.05, 3.63) is 36.5 Å². The highest BCUT2D eigenvalue weighted by Crippen LogP contribution is 2.16. The van der Waals surface area contributed by atoms with Gasteiger partial charge in [-0.15, -0.1) is 0 Å². The van der Waals surface area contributed by atoms with E-state index in [0.29, 0.717) is 19.3 Å². The van der Waals surface area contributed by atoms with Crippen molar-refractivity contribution in [3.8, 4) is 0 Å². The van der Waals surface area contributed by atoms with Crippen molar-refractivity contribution in [3.63, 3.8) is 0 Å². The Balaban J connectivity index is 4.37. The van der Waals surface area contributed by atoms with Gasteiger partial charge in [0.2, 0.25) is 0 Å². The van der Waals surface area contributed by atoms with Gasteiger partial charge in [-0.3, -0.25) is 14.4 Å². The molecule has 0 rings (SSSR count). The molecule has 0 fully saturated rings. The predicted octanol–water partition coefficient (Wildman–Crippen LogP) is 17.3. The molecule has 0 aromatic carbocycles. The Morgan fingerprint density at radius 1 is 0.328 bits per heavy atom. The van der Waals surface area contributed by atoms with Gasteiger partial charge in [0, 0.05) is 19.3 Å². The summed E-state index contributed by atoms with van der Waals surface area (Å²) < 4.78 is 16.8. The van der Waals surface area contributed by atoms with Crippen molar-refractivity contribution in [2.45, 2.75) is 284 Å². The molecule has 6 nitrogen and oxygen atoms in total. The molecule has 0 N–H and O–H groups in total. The minimum atomic E-state index is -0.779. The first-order chi connectivity index (χ1) is 30.0. The third-order valence-electron chi connectivity index (χ3n) is 11.6. The van der Waals surface area contributed by atoms with E-state index in [1.54, 1.807) is 0 Å². The van der Waals surface area contributed by atoms with Crippen molar-refractivity contribution in [1.29, 1.82) is 0 Å². The van der Waals surface area contributed by atoms with Crippen LogP contribution in [0.4, 0.5) is 0 Å². The van der Waals surface area contributed by atoms with Crippen LogP contribution in [-0.4, -0.2) is 37.2 Å². The van der Waals surface area contributed by atoms with E-state index < -0.39 is 6.10 Å². The standard InChI is InChI=1S/C55H100O6/c1-4-7-10-13-16-19-22-25-27-28-31-33-36-39-42-45-48-54(57)60-51-52(50-59-53(56)47-44-41-38-35-32-29-24-21-18-15-12-9-6-3)61-55(58)49-46-43-40-37-34-30-26-23-20-17-14-11-8-5-2/h14,17,21,23-24,26,52H,4-13,15-16,18-20,22,25,27-51H2,1-3H3/b17-14+,24-21+,26-23+/t52-/m1/s1. The minimum Gasteiger partial charge on any atom is -0.462 e. The molecule has 0 saturated heterocycles. The number of unbranched alkanes of at least 4 members (excludes halogenated alkanes) is 31. The second-order valence-corrected chi connectivity index (χ2v) is 17.8. The van der Waals surface area contributed by atoms with Crippen LogP contribution in [0.1, 0.15) is 278 Å². The topological polar surface area (TPSA) is 78.9 Å². The van der Waals surface area contributed by atoms with Crippen molar-refractivity contribution in [1.82, 2.24) is 0 Å². The normalized spacial score (nSPS) is 12.2. The van der Waals surface area contributed by atoms with E-state index in [2.05, 4.69) is 57.2 Å². The Kier molecular flexibility index (Phi) is 48.3. The zero-order valence-corrected chi connectivity index (χ0v) is 40.7. The summed E-state index contributed by atoms with van der Waals surface area (Å²) in [4.78, 5) is 38.0. The maximum Gasteiger partial charge on any atom is 0.306 e. The van der Waals surface area contributed by atoms with Gasteiger partial charge in [-0.2, -0.15) is 0 Å². The quantitative estimate of drug-likeness (QED) is 0.0262. The van der Waals surface area contributed by atoms with Crippen LogP contribution >= 0.6 is 0 Å². The molecule has 0 amide bonds. The van der Waals surface area contributed by atoms with Crippen molar-refractivity contribution in [2.75, 3.05) is 13.2 Å². The van der Waals surface area contributed by atoms with Crippen molar-refractivity contribution in [2.24, 2.45) is 0 Å². The van der Waals surface area contributed by atoms with Crippen molar-refractivity contribution >= 4 is 17.9 Å². The van der Waals surface area contributed by atoms with E-state index in [9.17, 15) is 14.4 Å². The fourth-order valence-electron chi connectivity index (χ4n) is 7.57. The van der Waals surface area contributed by atoms with Gasteiger partial charge in [-0.05, 0) is 70.6 Å². The second-order valence-electron chi connectivity index (χ2n) is 17.8. The highest BCUT2D eigenvalue weighted by atomic mass is 16.6. The Morgan fingerprint density at radius 3 is 0.984 bits per heavy atom. The third kappa shape index (κ3) is 48.5. The molecule has 0 aliphatic heterocycles. The van der Waals surface area contributed by atoms with Gasteiger partial charge in [0.15, 0.2) is 6.10 Å². The molecule has 6 heteroatoms. The summed E-state index contributed by atoms with van der Waals surface area (Å²) in [6.07, 6.45) is 58.4. The maximum absolute atomic E-state index is 12.8. The number of carbonyl (C=O) groups excluding carboxylic acids is 3. The Labute approximate surface area is 378 Å². The number of allylic oxidation sites excluding steroid dienone is 6. The van der Waals surface area contributed by atoms with Gasteiger partial charge in [-0.25, -0.2) is 0 Å². The molecule has 0 heterocycles. The molecule has 0 aromatic rings. The fourth-order valence-corrected chi connectivity index (χ4v) is 7.57. The van der Waals surface area contributed by atoms with E-state index >= 15 is 0 Å². The Hall–Kier alpha value is -2.37. The van der Waals surface area contributed by atoms with Gasteiger partial charge in [-0.1, -0.05) is 224 Å². The summed E-state index contributed by atoms with van der Waals surface area (Å²) in [5.74, 6) is -0.889. The molecular weight excluding hydrogens is 757 g/mol. The molecular formula is C55H100O6. The van der Waals surface area contributed by atoms with E-state index in [0.717, 1.165) is 89.9 Å². The van der Waals surface area contributed by atoms with Crippen LogP contribution in [0.25, 0.3) is 0 Å². The van der Waals surface area contributed by atoms with Gasteiger partial charge in [0.25, 0.3) is 0 Å². The molecule has 1 atom stereocenters. The average Bonchev–Trinajstić information content (AvgIpc) is 3.26. The molecule has 0 aliphatic carbocycles. The Bertz CT molecular complexity index is 1030. The number of rotatable bonds is 48. The summed E-state index contributed by atoms with van der Waals surface area (Å²) >= 11 is 0. The summed E-state index contributed by atoms with van der Waals surface area (Å²) in [5.41, 5.74) is 0. The summed E-state index contributed by atoms with van der Waals surface area (Å²) in [7, 11) is 0. The highest BCUT2D eigenvalue weighted by molar-refractivity contribution is 5.71. The lowest BCUT2D eigenvalue weighted by Gasteiger charge is -2.18. The molecule has 356 valence electrons. The monoisotopic (exact) mass is 857 g/mol. The van der Waals surface area contributed by atoms with Crippen LogP contribution in [0, 0.1) is 0 Å². The average molecular weight is 857 g/mol. The van der Waals surface area contributed by atoms with Crippen LogP contribution < -0.4 is 0 Å². The number of hydrogen-bond donors (Lipinski definition) is 0. The first-order valence-corrected chi connectivity index (χ1v) is 26.5. The zero-order valence-electron chi connectivity index (χ0n) is 40.7. The molecule has 0 aromatic heterocycles.